The highest BCUT2D eigenvalue weighted by molar-refractivity contribution is 4.99. The van der Waals surface area contributed by atoms with Gasteiger partial charge < -0.3 is 10.4 Å². The fourth-order valence-electron chi connectivity index (χ4n) is 3.00. The Kier molecular flexibility index (Phi) is 2.93. The van der Waals surface area contributed by atoms with Crippen molar-refractivity contribution in [1.29, 1.82) is 0 Å². The summed E-state index contributed by atoms with van der Waals surface area (Å²) in [5.41, 5.74) is -0.375. The summed E-state index contributed by atoms with van der Waals surface area (Å²) in [6.45, 7) is 3.71. The first kappa shape index (κ1) is 10.2. The van der Waals surface area contributed by atoms with Crippen molar-refractivity contribution >= 4 is 0 Å². The lowest BCUT2D eigenvalue weighted by Crippen LogP contribution is -2.48. The molecule has 14 heavy (non-hydrogen) atoms. The summed E-state index contributed by atoms with van der Waals surface area (Å²) < 4.78 is 0. The molecule has 0 spiro atoms. The van der Waals surface area contributed by atoms with E-state index in [1.165, 1.54) is 12.8 Å². The zero-order valence-electron chi connectivity index (χ0n) is 8.84. The Morgan fingerprint density at radius 1 is 1.36 bits per heavy atom. The second-order valence-electron chi connectivity index (χ2n) is 4.95. The van der Waals surface area contributed by atoms with Crippen LogP contribution in [0, 0.1) is 0 Å². The molecule has 0 radical (unpaired) electrons. The summed E-state index contributed by atoms with van der Waals surface area (Å²) in [4.78, 5) is 0. The SMILES string of the molecule is C=CCCCC1(O)CC2CCC(C1)N2. The number of allylic oxidation sites excluding steroid dienone is 1. The topological polar surface area (TPSA) is 32.3 Å². The molecule has 2 N–H and O–H groups in total. The maximum absolute atomic E-state index is 10.4. The average molecular weight is 195 g/mol. The van der Waals surface area contributed by atoms with Gasteiger partial charge in [-0.1, -0.05) is 6.08 Å². The smallest absolute Gasteiger partial charge is 0.0677 e. The molecule has 2 heteroatoms. The van der Waals surface area contributed by atoms with E-state index in [1.54, 1.807) is 0 Å². The first-order valence-corrected chi connectivity index (χ1v) is 5.81. The molecule has 2 nitrogen and oxygen atoms in total. The van der Waals surface area contributed by atoms with E-state index in [-0.39, 0.29) is 5.60 Å². The molecule has 0 aromatic carbocycles. The summed E-state index contributed by atoms with van der Waals surface area (Å²) in [5.74, 6) is 0. The molecule has 0 saturated carbocycles. The molecule has 2 saturated heterocycles. The van der Waals surface area contributed by atoms with Gasteiger partial charge in [-0.25, -0.2) is 0 Å². The van der Waals surface area contributed by atoms with Crippen molar-refractivity contribution in [1.82, 2.24) is 5.32 Å². The van der Waals surface area contributed by atoms with E-state index in [9.17, 15) is 5.11 Å². The number of unbranched alkanes of at least 4 members (excludes halogenated alkanes) is 1. The van der Waals surface area contributed by atoms with Crippen LogP contribution in [0.1, 0.15) is 44.9 Å². The number of piperidine rings is 1. The number of fused-ring (bicyclic) bond motifs is 2. The Hall–Kier alpha value is -0.340. The van der Waals surface area contributed by atoms with Gasteiger partial charge in [0.15, 0.2) is 0 Å². The summed E-state index contributed by atoms with van der Waals surface area (Å²) in [7, 11) is 0. The van der Waals surface area contributed by atoms with Gasteiger partial charge in [0.1, 0.15) is 0 Å². The molecule has 2 aliphatic rings. The van der Waals surface area contributed by atoms with E-state index >= 15 is 0 Å². The molecule has 2 bridgehead atoms. The highest BCUT2D eigenvalue weighted by Crippen LogP contribution is 2.36. The van der Waals surface area contributed by atoms with Crippen molar-refractivity contribution in [2.45, 2.75) is 62.6 Å². The van der Waals surface area contributed by atoms with E-state index in [2.05, 4.69) is 11.9 Å². The molecular formula is C12H21NO. The molecule has 0 aliphatic carbocycles. The molecule has 0 amide bonds. The van der Waals surface area contributed by atoms with Crippen molar-refractivity contribution in [2.75, 3.05) is 0 Å². The van der Waals surface area contributed by atoms with Gasteiger partial charge in [0.25, 0.3) is 0 Å². The lowest BCUT2D eigenvalue weighted by molar-refractivity contribution is -0.0152. The molecule has 2 fully saturated rings. The summed E-state index contributed by atoms with van der Waals surface area (Å²) in [6, 6.07) is 1.17. The Balaban J connectivity index is 1.86. The Labute approximate surface area is 86.4 Å². The number of hydrogen-bond acceptors (Lipinski definition) is 2. The fourth-order valence-corrected chi connectivity index (χ4v) is 3.00. The van der Waals surface area contributed by atoms with Gasteiger partial charge in [0.05, 0.1) is 5.60 Å². The number of nitrogens with one attached hydrogen (secondary N) is 1. The molecule has 0 aromatic heterocycles. The minimum atomic E-state index is -0.375. The van der Waals surface area contributed by atoms with Crippen molar-refractivity contribution in [3.05, 3.63) is 12.7 Å². The zero-order chi connectivity index (χ0) is 10.0. The van der Waals surface area contributed by atoms with Crippen LogP contribution in [0.4, 0.5) is 0 Å². The summed E-state index contributed by atoms with van der Waals surface area (Å²) in [5, 5.41) is 14.0. The second-order valence-corrected chi connectivity index (χ2v) is 4.95. The Morgan fingerprint density at radius 3 is 2.57 bits per heavy atom. The lowest BCUT2D eigenvalue weighted by atomic mass is 9.83. The van der Waals surface area contributed by atoms with E-state index in [0.717, 1.165) is 32.1 Å². The number of rotatable bonds is 4. The quantitative estimate of drug-likeness (QED) is 0.531. The van der Waals surface area contributed by atoms with E-state index in [4.69, 9.17) is 0 Å². The fraction of sp³-hybridized carbons (Fsp3) is 0.833. The van der Waals surface area contributed by atoms with E-state index < -0.39 is 0 Å². The highest BCUT2D eigenvalue weighted by atomic mass is 16.3. The second kappa shape index (κ2) is 4.03. The molecule has 80 valence electrons. The minimum absolute atomic E-state index is 0.375. The van der Waals surface area contributed by atoms with Gasteiger partial charge in [0, 0.05) is 12.1 Å². The minimum Gasteiger partial charge on any atom is -0.390 e. The van der Waals surface area contributed by atoms with Gasteiger partial charge in [-0.2, -0.15) is 0 Å². The maximum Gasteiger partial charge on any atom is 0.0677 e. The highest BCUT2D eigenvalue weighted by Gasteiger charge is 2.41. The monoisotopic (exact) mass is 195 g/mol. The third-order valence-corrected chi connectivity index (χ3v) is 3.64. The summed E-state index contributed by atoms with van der Waals surface area (Å²) >= 11 is 0. The first-order chi connectivity index (χ1) is 6.72. The normalized spacial score (nSPS) is 41.2. The largest absolute Gasteiger partial charge is 0.390 e. The van der Waals surface area contributed by atoms with E-state index in [1.807, 2.05) is 6.08 Å². The van der Waals surface area contributed by atoms with Crippen LogP contribution in [0.3, 0.4) is 0 Å². The Bertz CT molecular complexity index is 202. The van der Waals surface area contributed by atoms with Crippen LogP contribution in [0.15, 0.2) is 12.7 Å². The molecule has 2 aliphatic heterocycles. The van der Waals surface area contributed by atoms with Gasteiger partial charge in [-0.15, -0.1) is 6.58 Å². The van der Waals surface area contributed by atoms with Gasteiger partial charge in [0.2, 0.25) is 0 Å². The third-order valence-electron chi connectivity index (χ3n) is 3.64. The van der Waals surface area contributed by atoms with Gasteiger partial charge in [-0.05, 0) is 44.9 Å². The van der Waals surface area contributed by atoms with Crippen molar-refractivity contribution in [3.8, 4) is 0 Å². The maximum atomic E-state index is 10.4. The van der Waals surface area contributed by atoms with Crippen LogP contribution in [0.5, 0.6) is 0 Å². The standard InChI is InChI=1S/C12H21NO/c1-2-3-4-7-12(14)8-10-5-6-11(9-12)13-10/h2,10-11,13-14H,1,3-9H2. The molecule has 2 unspecified atom stereocenters. The zero-order valence-corrected chi connectivity index (χ0v) is 8.84. The third kappa shape index (κ3) is 2.18. The number of hydrogen-bond donors (Lipinski definition) is 2. The molecule has 0 aromatic rings. The predicted molar refractivity (Wildman–Crippen MR) is 58.2 cm³/mol. The van der Waals surface area contributed by atoms with Crippen LogP contribution >= 0.6 is 0 Å². The Morgan fingerprint density at radius 2 is 2.00 bits per heavy atom. The number of aliphatic hydroxyl groups is 1. The first-order valence-electron chi connectivity index (χ1n) is 5.81. The van der Waals surface area contributed by atoms with Crippen molar-refractivity contribution in [2.24, 2.45) is 0 Å². The van der Waals surface area contributed by atoms with Crippen LogP contribution in [-0.2, 0) is 0 Å². The molecule has 2 rings (SSSR count). The molecule has 2 heterocycles. The van der Waals surface area contributed by atoms with Crippen LogP contribution in [-0.4, -0.2) is 22.8 Å². The summed E-state index contributed by atoms with van der Waals surface area (Å²) in [6.07, 6.45) is 9.45. The van der Waals surface area contributed by atoms with Crippen molar-refractivity contribution in [3.63, 3.8) is 0 Å². The average Bonchev–Trinajstić information content (AvgIpc) is 2.46. The van der Waals surface area contributed by atoms with Gasteiger partial charge >= 0.3 is 0 Å². The van der Waals surface area contributed by atoms with Gasteiger partial charge in [-0.3, -0.25) is 0 Å². The van der Waals surface area contributed by atoms with Crippen LogP contribution in [0.2, 0.25) is 0 Å². The predicted octanol–water partition coefficient (Wildman–Crippen LogP) is 1.99. The van der Waals surface area contributed by atoms with Crippen molar-refractivity contribution < 1.29 is 5.11 Å². The molecule has 2 atom stereocenters. The van der Waals surface area contributed by atoms with E-state index in [0.29, 0.717) is 12.1 Å². The lowest BCUT2D eigenvalue weighted by Gasteiger charge is -2.37. The van der Waals surface area contributed by atoms with Crippen LogP contribution in [0.25, 0.3) is 0 Å². The van der Waals surface area contributed by atoms with Crippen LogP contribution < -0.4 is 5.32 Å². The molecular weight excluding hydrogens is 174 g/mol.